The normalized spacial score (nSPS) is 11.2. The van der Waals surface area contributed by atoms with Crippen LogP contribution in [-0.2, 0) is 6.54 Å². The summed E-state index contributed by atoms with van der Waals surface area (Å²) in [7, 11) is 0. The van der Waals surface area contributed by atoms with Crippen LogP contribution in [0, 0.1) is 6.92 Å². The molecular formula is C21H29N3O3. The number of aliphatic imine (C=N–C) groups is 1. The minimum Gasteiger partial charge on any atom is -0.494 e. The first-order chi connectivity index (χ1) is 13.1. The van der Waals surface area contributed by atoms with Crippen molar-refractivity contribution in [1.82, 2.24) is 0 Å². The molecule has 0 fully saturated rings. The van der Waals surface area contributed by atoms with Gasteiger partial charge in [0.25, 0.3) is 0 Å². The molecule has 2 rings (SSSR count). The van der Waals surface area contributed by atoms with Crippen LogP contribution in [0.1, 0.15) is 31.9 Å². The topological polar surface area (TPSA) is 78.1 Å². The Kier molecular flexibility index (Phi) is 7.79. The standard InChI is InChI=1S/C21H29N3O3/c1-5-25-17-10-11-19(26-6-2)18(13-17)24-21(22)23-14-16-9-8-15(4)12-20(16)27-7-3/h8-13H,5-7,14H2,1-4H3,(H3,22,23,24). The Hall–Kier alpha value is -2.89. The van der Waals surface area contributed by atoms with Crippen LogP contribution in [0.2, 0.25) is 0 Å². The number of anilines is 1. The molecule has 0 aliphatic carbocycles. The Morgan fingerprint density at radius 3 is 2.33 bits per heavy atom. The Bertz CT molecular complexity index is 775. The van der Waals surface area contributed by atoms with E-state index in [1.54, 1.807) is 0 Å². The predicted octanol–water partition coefficient (Wildman–Crippen LogP) is 4.12. The SMILES string of the molecule is CCOc1ccc(OCC)c(NC(N)=NCc2ccc(C)cc2OCC)c1. The number of ether oxygens (including phenoxy) is 3. The van der Waals surface area contributed by atoms with E-state index in [-0.39, 0.29) is 0 Å². The number of benzene rings is 2. The van der Waals surface area contributed by atoms with Crippen LogP contribution < -0.4 is 25.3 Å². The van der Waals surface area contributed by atoms with Crippen LogP contribution in [0.3, 0.4) is 0 Å². The lowest BCUT2D eigenvalue weighted by molar-refractivity contribution is 0.332. The van der Waals surface area contributed by atoms with Crippen molar-refractivity contribution in [2.24, 2.45) is 10.7 Å². The van der Waals surface area contributed by atoms with Gasteiger partial charge in [0.15, 0.2) is 5.96 Å². The second-order valence-electron chi connectivity index (χ2n) is 5.89. The average molecular weight is 371 g/mol. The summed E-state index contributed by atoms with van der Waals surface area (Å²) in [6.07, 6.45) is 0. The smallest absolute Gasteiger partial charge is 0.193 e. The van der Waals surface area contributed by atoms with E-state index in [0.29, 0.717) is 38.1 Å². The summed E-state index contributed by atoms with van der Waals surface area (Å²) in [6.45, 7) is 10.0. The molecule has 0 saturated carbocycles. The lowest BCUT2D eigenvalue weighted by Crippen LogP contribution is -2.23. The van der Waals surface area contributed by atoms with Crippen molar-refractivity contribution in [2.75, 3.05) is 25.1 Å². The zero-order valence-electron chi connectivity index (χ0n) is 16.5. The fraction of sp³-hybridized carbons (Fsp3) is 0.381. The van der Waals surface area contributed by atoms with Crippen LogP contribution in [0.25, 0.3) is 0 Å². The number of guanidine groups is 1. The Morgan fingerprint density at radius 1 is 0.926 bits per heavy atom. The summed E-state index contributed by atoms with van der Waals surface area (Å²) in [5.74, 6) is 2.58. The number of nitrogens with two attached hydrogens (primary N) is 1. The van der Waals surface area contributed by atoms with Crippen LogP contribution in [-0.4, -0.2) is 25.8 Å². The monoisotopic (exact) mass is 371 g/mol. The number of hydrogen-bond donors (Lipinski definition) is 2. The largest absolute Gasteiger partial charge is 0.494 e. The zero-order chi connectivity index (χ0) is 19.6. The molecule has 0 atom stereocenters. The molecule has 0 spiro atoms. The van der Waals surface area contributed by atoms with Crippen molar-refractivity contribution in [3.05, 3.63) is 47.5 Å². The summed E-state index contributed by atoms with van der Waals surface area (Å²) >= 11 is 0. The molecule has 146 valence electrons. The van der Waals surface area contributed by atoms with Crippen molar-refractivity contribution in [3.63, 3.8) is 0 Å². The lowest BCUT2D eigenvalue weighted by Gasteiger charge is -2.14. The van der Waals surface area contributed by atoms with Gasteiger partial charge >= 0.3 is 0 Å². The second kappa shape index (κ2) is 10.3. The van der Waals surface area contributed by atoms with Crippen LogP contribution >= 0.6 is 0 Å². The average Bonchev–Trinajstić information content (AvgIpc) is 2.64. The Balaban J connectivity index is 2.16. The zero-order valence-corrected chi connectivity index (χ0v) is 16.5. The van der Waals surface area contributed by atoms with Crippen LogP contribution in [0.15, 0.2) is 41.4 Å². The Labute approximate surface area is 161 Å². The summed E-state index contributed by atoms with van der Waals surface area (Å²) in [4.78, 5) is 4.45. The molecule has 0 radical (unpaired) electrons. The fourth-order valence-corrected chi connectivity index (χ4v) is 2.57. The van der Waals surface area contributed by atoms with E-state index in [1.807, 2.05) is 64.1 Å². The molecule has 2 aromatic carbocycles. The van der Waals surface area contributed by atoms with E-state index >= 15 is 0 Å². The van der Waals surface area contributed by atoms with E-state index in [9.17, 15) is 0 Å². The van der Waals surface area contributed by atoms with E-state index in [4.69, 9.17) is 19.9 Å². The molecule has 2 aromatic rings. The third-order valence-corrected chi connectivity index (χ3v) is 3.77. The second-order valence-corrected chi connectivity index (χ2v) is 5.89. The van der Waals surface area contributed by atoms with E-state index in [2.05, 4.69) is 10.3 Å². The van der Waals surface area contributed by atoms with Crippen molar-refractivity contribution in [2.45, 2.75) is 34.2 Å². The number of nitrogens with one attached hydrogen (secondary N) is 1. The van der Waals surface area contributed by atoms with Crippen LogP contribution in [0.5, 0.6) is 17.2 Å². The molecule has 0 amide bonds. The molecule has 0 saturated heterocycles. The molecular weight excluding hydrogens is 342 g/mol. The van der Waals surface area contributed by atoms with Gasteiger partial charge in [-0.3, -0.25) is 0 Å². The van der Waals surface area contributed by atoms with E-state index < -0.39 is 0 Å². The quantitative estimate of drug-likeness (QED) is 0.512. The van der Waals surface area contributed by atoms with Gasteiger partial charge in [-0.05, 0) is 51.5 Å². The molecule has 0 aromatic heterocycles. The van der Waals surface area contributed by atoms with E-state index in [0.717, 1.165) is 28.3 Å². The number of hydrogen-bond acceptors (Lipinski definition) is 4. The molecule has 0 aliphatic heterocycles. The summed E-state index contributed by atoms with van der Waals surface area (Å²) < 4.78 is 16.9. The van der Waals surface area contributed by atoms with Gasteiger partial charge in [0.05, 0.1) is 32.1 Å². The third kappa shape index (κ3) is 6.09. The molecule has 0 aliphatic rings. The number of nitrogens with zero attached hydrogens (tertiary/aromatic N) is 1. The lowest BCUT2D eigenvalue weighted by atomic mass is 10.1. The number of aryl methyl sites for hydroxylation is 1. The first-order valence-electron chi connectivity index (χ1n) is 9.26. The maximum atomic E-state index is 6.10. The molecule has 6 nitrogen and oxygen atoms in total. The van der Waals surface area contributed by atoms with E-state index in [1.165, 1.54) is 0 Å². The van der Waals surface area contributed by atoms with Crippen LogP contribution in [0.4, 0.5) is 5.69 Å². The molecule has 0 bridgehead atoms. The highest BCUT2D eigenvalue weighted by Crippen LogP contribution is 2.29. The molecule has 0 heterocycles. The first-order valence-corrected chi connectivity index (χ1v) is 9.26. The highest BCUT2D eigenvalue weighted by atomic mass is 16.5. The summed E-state index contributed by atoms with van der Waals surface area (Å²) in [5.41, 5.74) is 8.95. The van der Waals surface area contributed by atoms with Gasteiger partial charge in [0.2, 0.25) is 0 Å². The highest BCUT2D eigenvalue weighted by Gasteiger charge is 2.08. The van der Waals surface area contributed by atoms with Gasteiger partial charge in [-0.25, -0.2) is 4.99 Å². The molecule has 0 unspecified atom stereocenters. The van der Waals surface area contributed by atoms with Crippen molar-refractivity contribution in [3.8, 4) is 17.2 Å². The Morgan fingerprint density at radius 2 is 1.63 bits per heavy atom. The van der Waals surface area contributed by atoms with Gasteiger partial charge in [-0.15, -0.1) is 0 Å². The third-order valence-electron chi connectivity index (χ3n) is 3.77. The minimum absolute atomic E-state index is 0.299. The highest BCUT2D eigenvalue weighted by molar-refractivity contribution is 5.94. The van der Waals surface area contributed by atoms with Gasteiger partial charge in [-0.1, -0.05) is 12.1 Å². The fourth-order valence-electron chi connectivity index (χ4n) is 2.57. The molecule has 27 heavy (non-hydrogen) atoms. The maximum Gasteiger partial charge on any atom is 0.193 e. The first kappa shape index (κ1) is 20.4. The van der Waals surface area contributed by atoms with Gasteiger partial charge in [-0.2, -0.15) is 0 Å². The van der Waals surface area contributed by atoms with Crippen molar-refractivity contribution < 1.29 is 14.2 Å². The van der Waals surface area contributed by atoms with Crippen molar-refractivity contribution >= 4 is 11.6 Å². The van der Waals surface area contributed by atoms with Gasteiger partial charge in [0, 0.05) is 11.6 Å². The summed E-state index contributed by atoms with van der Waals surface area (Å²) in [6, 6.07) is 11.6. The molecule has 6 heteroatoms. The van der Waals surface area contributed by atoms with Gasteiger partial charge < -0.3 is 25.3 Å². The molecule has 3 N–H and O–H groups in total. The number of rotatable bonds is 9. The maximum absolute atomic E-state index is 6.10. The predicted molar refractivity (Wildman–Crippen MR) is 110 cm³/mol. The van der Waals surface area contributed by atoms with Crippen molar-refractivity contribution in [1.29, 1.82) is 0 Å². The minimum atomic E-state index is 0.299. The summed E-state index contributed by atoms with van der Waals surface area (Å²) in [5, 5.41) is 3.11. The van der Waals surface area contributed by atoms with Gasteiger partial charge in [0.1, 0.15) is 17.2 Å².